The maximum Gasteiger partial charge on any atom is 0.269 e. The summed E-state index contributed by atoms with van der Waals surface area (Å²) in [6.45, 7) is 0.493. The molecule has 2 aromatic carbocycles. The highest BCUT2D eigenvalue weighted by Crippen LogP contribution is 2.33. The number of non-ortho nitro benzene ring substituents is 1. The highest BCUT2D eigenvalue weighted by atomic mass is 16.6. The Morgan fingerprint density at radius 2 is 1.66 bits per heavy atom. The molecule has 0 saturated heterocycles. The zero-order valence-corrected chi connectivity index (χ0v) is 16.8. The van der Waals surface area contributed by atoms with Crippen LogP contribution in [0.5, 0.6) is 0 Å². The van der Waals surface area contributed by atoms with Crippen molar-refractivity contribution in [3.8, 4) is 11.4 Å². The molecule has 0 radical (unpaired) electrons. The SMILES string of the molecule is Nc1nc(-c2ccncc2)nc(NCc2ccccc2)c1N=Nc1ccc([N+](=O)[O-])cc1. The second-order valence-electron chi connectivity index (χ2n) is 6.68. The second kappa shape index (κ2) is 9.39. The van der Waals surface area contributed by atoms with Crippen molar-refractivity contribution < 1.29 is 4.92 Å². The molecule has 10 nitrogen and oxygen atoms in total. The number of nitrogens with two attached hydrogens (primary N) is 1. The zero-order chi connectivity index (χ0) is 22.3. The Bertz CT molecular complexity index is 1250. The van der Waals surface area contributed by atoms with Crippen molar-refractivity contribution in [2.75, 3.05) is 11.1 Å². The van der Waals surface area contributed by atoms with E-state index >= 15 is 0 Å². The molecule has 4 aromatic rings. The Hall–Kier alpha value is -4.73. The molecule has 0 amide bonds. The molecule has 0 unspecified atom stereocenters. The molecule has 158 valence electrons. The molecule has 0 bridgehead atoms. The van der Waals surface area contributed by atoms with Gasteiger partial charge in [0.2, 0.25) is 0 Å². The highest BCUT2D eigenvalue weighted by Gasteiger charge is 2.14. The minimum atomic E-state index is -0.476. The molecule has 2 aromatic heterocycles. The first-order valence-corrected chi connectivity index (χ1v) is 9.62. The van der Waals surface area contributed by atoms with E-state index in [9.17, 15) is 10.1 Å². The van der Waals surface area contributed by atoms with E-state index in [4.69, 9.17) is 5.73 Å². The first-order valence-electron chi connectivity index (χ1n) is 9.62. The fourth-order valence-electron chi connectivity index (χ4n) is 2.85. The number of nitro groups is 1. The molecular formula is C22H18N8O2. The number of nitrogens with zero attached hydrogens (tertiary/aromatic N) is 6. The van der Waals surface area contributed by atoms with Crippen LogP contribution < -0.4 is 11.1 Å². The van der Waals surface area contributed by atoms with Gasteiger partial charge in [-0.2, -0.15) is 5.11 Å². The van der Waals surface area contributed by atoms with Gasteiger partial charge in [0.25, 0.3) is 5.69 Å². The van der Waals surface area contributed by atoms with E-state index in [0.29, 0.717) is 23.9 Å². The number of rotatable bonds is 7. The number of nitrogen functional groups attached to an aromatic ring is 1. The van der Waals surface area contributed by atoms with Crippen LogP contribution in [0, 0.1) is 10.1 Å². The number of pyridine rings is 1. The minimum Gasteiger partial charge on any atom is -0.382 e. The smallest absolute Gasteiger partial charge is 0.269 e. The molecule has 32 heavy (non-hydrogen) atoms. The topological polar surface area (TPSA) is 145 Å². The number of anilines is 2. The lowest BCUT2D eigenvalue weighted by atomic mass is 10.2. The van der Waals surface area contributed by atoms with Crippen molar-refractivity contribution in [3.05, 3.63) is 94.8 Å². The molecule has 0 saturated carbocycles. The normalized spacial score (nSPS) is 10.9. The minimum absolute atomic E-state index is 0.0290. The van der Waals surface area contributed by atoms with Gasteiger partial charge >= 0.3 is 0 Å². The quantitative estimate of drug-likeness (QED) is 0.239. The van der Waals surface area contributed by atoms with E-state index in [1.165, 1.54) is 24.3 Å². The number of hydrogen-bond acceptors (Lipinski definition) is 9. The summed E-state index contributed by atoms with van der Waals surface area (Å²) in [6, 6.07) is 19.1. The lowest BCUT2D eigenvalue weighted by molar-refractivity contribution is -0.384. The third-order valence-electron chi connectivity index (χ3n) is 4.48. The molecule has 2 heterocycles. The largest absolute Gasteiger partial charge is 0.382 e. The van der Waals surface area contributed by atoms with Crippen molar-refractivity contribution in [1.82, 2.24) is 15.0 Å². The summed E-state index contributed by atoms with van der Waals surface area (Å²) >= 11 is 0. The number of benzene rings is 2. The average Bonchev–Trinajstić information content (AvgIpc) is 2.83. The molecule has 0 aliphatic heterocycles. The van der Waals surface area contributed by atoms with Gasteiger partial charge in [0.1, 0.15) is 0 Å². The molecular weight excluding hydrogens is 408 g/mol. The van der Waals surface area contributed by atoms with Crippen molar-refractivity contribution in [1.29, 1.82) is 0 Å². The molecule has 0 fully saturated rings. The van der Waals surface area contributed by atoms with Gasteiger partial charge in [-0.25, -0.2) is 9.97 Å². The number of hydrogen-bond donors (Lipinski definition) is 2. The van der Waals surface area contributed by atoms with E-state index < -0.39 is 4.92 Å². The third kappa shape index (κ3) is 4.87. The van der Waals surface area contributed by atoms with Crippen LogP contribution >= 0.6 is 0 Å². The van der Waals surface area contributed by atoms with Crippen LogP contribution in [0.2, 0.25) is 0 Å². The summed E-state index contributed by atoms with van der Waals surface area (Å²) in [5.41, 5.74) is 8.69. The molecule has 0 aliphatic carbocycles. The molecule has 0 spiro atoms. The van der Waals surface area contributed by atoms with Gasteiger partial charge in [0.05, 0.1) is 10.6 Å². The summed E-state index contributed by atoms with van der Waals surface area (Å²) in [6.07, 6.45) is 3.29. The van der Waals surface area contributed by atoms with Gasteiger partial charge in [-0.15, -0.1) is 5.11 Å². The van der Waals surface area contributed by atoms with Gasteiger partial charge in [0.15, 0.2) is 23.1 Å². The Morgan fingerprint density at radius 1 is 0.938 bits per heavy atom. The first-order chi connectivity index (χ1) is 15.6. The second-order valence-corrected chi connectivity index (χ2v) is 6.68. The maximum atomic E-state index is 10.8. The predicted octanol–water partition coefficient (Wildman–Crippen LogP) is 5.06. The average molecular weight is 426 g/mol. The Labute approximate surface area is 183 Å². The fraction of sp³-hybridized carbons (Fsp3) is 0.0455. The predicted molar refractivity (Wildman–Crippen MR) is 121 cm³/mol. The number of azo groups is 1. The van der Waals surface area contributed by atoms with Crippen LogP contribution in [0.15, 0.2) is 89.4 Å². The summed E-state index contributed by atoms with van der Waals surface area (Å²) in [7, 11) is 0. The standard InChI is InChI=1S/C22H18N8O2/c23-20-19(29-28-17-6-8-18(9-7-17)30(31)32)22(25-14-15-4-2-1-3-5-15)27-21(26-20)16-10-12-24-13-11-16/h1-13H,14H2,(H3,23,25,26,27). The van der Waals surface area contributed by atoms with E-state index in [2.05, 4.69) is 30.5 Å². The zero-order valence-electron chi connectivity index (χ0n) is 16.8. The Morgan fingerprint density at radius 3 is 2.34 bits per heavy atom. The van der Waals surface area contributed by atoms with Crippen LogP contribution in [0.1, 0.15) is 5.56 Å². The lowest BCUT2D eigenvalue weighted by Gasteiger charge is -2.11. The van der Waals surface area contributed by atoms with Crippen molar-refractivity contribution in [3.63, 3.8) is 0 Å². The first kappa shape index (κ1) is 20.5. The molecule has 4 rings (SSSR count). The fourth-order valence-corrected chi connectivity index (χ4v) is 2.85. The van der Waals surface area contributed by atoms with Crippen molar-refractivity contribution in [2.45, 2.75) is 6.54 Å². The van der Waals surface area contributed by atoms with E-state index in [1.807, 2.05) is 30.3 Å². The van der Waals surface area contributed by atoms with Gasteiger partial charge < -0.3 is 11.1 Å². The lowest BCUT2D eigenvalue weighted by Crippen LogP contribution is -2.06. The molecule has 0 aliphatic rings. The van der Waals surface area contributed by atoms with Crippen molar-refractivity contribution in [2.24, 2.45) is 10.2 Å². The van der Waals surface area contributed by atoms with Crippen LogP contribution in [0.25, 0.3) is 11.4 Å². The van der Waals surface area contributed by atoms with Gasteiger partial charge in [-0.3, -0.25) is 15.1 Å². The summed E-state index contributed by atoms with van der Waals surface area (Å²) < 4.78 is 0. The Balaban J connectivity index is 1.68. The Kier molecular flexibility index (Phi) is 6.03. The molecule has 0 atom stereocenters. The van der Waals surface area contributed by atoms with E-state index in [1.54, 1.807) is 24.5 Å². The number of nitro benzene ring substituents is 1. The molecule has 3 N–H and O–H groups in total. The van der Waals surface area contributed by atoms with E-state index in [-0.39, 0.29) is 17.2 Å². The van der Waals surface area contributed by atoms with Gasteiger partial charge in [0, 0.05) is 36.6 Å². The third-order valence-corrected chi connectivity index (χ3v) is 4.48. The van der Waals surface area contributed by atoms with Gasteiger partial charge in [-0.05, 0) is 29.8 Å². The van der Waals surface area contributed by atoms with Gasteiger partial charge in [-0.1, -0.05) is 30.3 Å². The van der Waals surface area contributed by atoms with Crippen molar-refractivity contribution >= 4 is 28.7 Å². The van der Waals surface area contributed by atoms with Crippen LogP contribution in [-0.2, 0) is 6.54 Å². The number of nitrogens with one attached hydrogen (secondary N) is 1. The molecule has 10 heteroatoms. The van der Waals surface area contributed by atoms with Crippen LogP contribution in [0.4, 0.5) is 28.7 Å². The number of aromatic nitrogens is 3. The van der Waals surface area contributed by atoms with E-state index in [0.717, 1.165) is 11.1 Å². The summed E-state index contributed by atoms with van der Waals surface area (Å²) in [5, 5.41) is 22.5. The summed E-state index contributed by atoms with van der Waals surface area (Å²) in [5.74, 6) is 0.988. The summed E-state index contributed by atoms with van der Waals surface area (Å²) in [4.78, 5) is 23.3. The van der Waals surface area contributed by atoms with Crippen LogP contribution in [-0.4, -0.2) is 19.9 Å². The maximum absolute atomic E-state index is 10.8. The van der Waals surface area contributed by atoms with Crippen LogP contribution in [0.3, 0.4) is 0 Å². The highest BCUT2D eigenvalue weighted by molar-refractivity contribution is 5.75. The monoisotopic (exact) mass is 426 g/mol.